The van der Waals surface area contributed by atoms with E-state index >= 15 is 0 Å². The van der Waals surface area contributed by atoms with Gasteiger partial charge in [-0.25, -0.2) is 0 Å². The van der Waals surface area contributed by atoms with Gasteiger partial charge >= 0.3 is 0 Å². The second-order valence-electron chi connectivity index (χ2n) is 11.1. The molecular weight excluding hydrogens is 348 g/mol. The topological polar surface area (TPSA) is 49.7 Å². The molecule has 0 radical (unpaired) electrons. The van der Waals surface area contributed by atoms with Gasteiger partial charge in [-0.1, -0.05) is 32.4 Å². The van der Waals surface area contributed by atoms with Crippen molar-refractivity contribution in [3.8, 4) is 0 Å². The van der Waals surface area contributed by atoms with Gasteiger partial charge in [-0.2, -0.15) is 0 Å². The average Bonchev–Trinajstić information content (AvgIpc) is 3.04. The summed E-state index contributed by atoms with van der Waals surface area (Å²) in [5.74, 6) is 2.98. The van der Waals surface area contributed by atoms with E-state index in [0.29, 0.717) is 23.4 Å². The Morgan fingerprint density at radius 2 is 1.93 bits per heavy atom. The van der Waals surface area contributed by atoms with Crippen molar-refractivity contribution < 1.29 is 14.9 Å². The van der Waals surface area contributed by atoms with E-state index < -0.39 is 0 Å². The van der Waals surface area contributed by atoms with E-state index in [-0.39, 0.29) is 18.3 Å². The van der Waals surface area contributed by atoms with Gasteiger partial charge in [0.05, 0.1) is 24.9 Å². The molecule has 4 aliphatic carbocycles. The number of allylic oxidation sites excluding steroid dienone is 1. The van der Waals surface area contributed by atoms with E-state index in [0.717, 1.165) is 37.0 Å². The van der Waals surface area contributed by atoms with Gasteiger partial charge in [0.2, 0.25) is 0 Å². The quantitative estimate of drug-likeness (QED) is 0.642. The molecule has 0 spiro atoms. The Kier molecular flexibility index (Phi) is 5.51. The lowest BCUT2D eigenvalue weighted by Crippen LogP contribution is -2.53. The summed E-state index contributed by atoms with van der Waals surface area (Å²) < 4.78 is 6.29. The number of ether oxygens (including phenoxy) is 1. The van der Waals surface area contributed by atoms with Crippen LogP contribution < -0.4 is 0 Å². The molecule has 3 saturated carbocycles. The lowest BCUT2D eigenvalue weighted by Gasteiger charge is -2.59. The van der Waals surface area contributed by atoms with Crippen LogP contribution in [0, 0.1) is 34.5 Å². The van der Waals surface area contributed by atoms with E-state index in [4.69, 9.17) is 4.74 Å². The zero-order chi connectivity index (χ0) is 20.2. The molecule has 0 bridgehead atoms. The molecule has 2 N–H and O–H groups in total. The number of rotatable bonds is 5. The van der Waals surface area contributed by atoms with Gasteiger partial charge in [0.15, 0.2) is 0 Å². The van der Waals surface area contributed by atoms with Gasteiger partial charge in [0.1, 0.15) is 0 Å². The van der Waals surface area contributed by atoms with Crippen LogP contribution in [0.3, 0.4) is 0 Å². The normalized spacial score (nSPS) is 47.5. The molecule has 3 nitrogen and oxygen atoms in total. The zero-order valence-corrected chi connectivity index (χ0v) is 18.5. The number of aliphatic hydroxyl groups excluding tert-OH is 2. The minimum absolute atomic E-state index is 0.116. The van der Waals surface area contributed by atoms with Gasteiger partial charge < -0.3 is 14.9 Å². The summed E-state index contributed by atoms with van der Waals surface area (Å²) in [7, 11) is 0. The number of fused-ring (bicyclic) bond motifs is 5. The van der Waals surface area contributed by atoms with E-state index in [1.807, 2.05) is 0 Å². The van der Waals surface area contributed by atoms with Crippen LogP contribution in [0.5, 0.6) is 0 Å². The first kappa shape index (κ1) is 20.9. The van der Waals surface area contributed by atoms with Crippen molar-refractivity contribution in [2.24, 2.45) is 34.5 Å². The molecule has 8 atom stereocenters. The smallest absolute Gasteiger partial charge is 0.0705 e. The second-order valence-corrected chi connectivity index (χ2v) is 11.1. The molecule has 0 aromatic carbocycles. The molecule has 0 heterocycles. The summed E-state index contributed by atoms with van der Waals surface area (Å²) in [6.07, 6.45) is 13.0. The molecule has 0 saturated heterocycles. The van der Waals surface area contributed by atoms with Crippen LogP contribution in [0.2, 0.25) is 0 Å². The van der Waals surface area contributed by atoms with Gasteiger partial charge in [0, 0.05) is 0 Å². The molecule has 0 amide bonds. The molecule has 0 aromatic rings. The third kappa shape index (κ3) is 3.03. The highest BCUT2D eigenvalue weighted by Gasteiger charge is 2.61. The summed E-state index contributed by atoms with van der Waals surface area (Å²) in [6, 6.07) is 0. The molecule has 3 fully saturated rings. The Labute approximate surface area is 171 Å². The summed E-state index contributed by atoms with van der Waals surface area (Å²) in [6.45, 7) is 10.2. The molecule has 4 rings (SSSR count). The van der Waals surface area contributed by atoms with Gasteiger partial charge in [-0.15, -0.1) is 0 Å². The Bertz CT molecular complexity index is 615. The first-order chi connectivity index (χ1) is 13.3. The second kappa shape index (κ2) is 7.39. The SMILES string of the molecule is CCC(C)(OCCO)[C@H]1CC[C@H]2[C@@H]3CC=C4C[C@@H](O)CC[C@]4(C)[C@H]3CC[C@]12C. The highest BCUT2D eigenvalue weighted by molar-refractivity contribution is 5.25. The predicted octanol–water partition coefficient (Wildman–Crippen LogP) is 5.10. The molecule has 0 aliphatic heterocycles. The molecule has 0 aromatic heterocycles. The van der Waals surface area contributed by atoms with Crippen LogP contribution in [0.15, 0.2) is 11.6 Å². The van der Waals surface area contributed by atoms with Crippen molar-refractivity contribution in [2.75, 3.05) is 13.2 Å². The molecule has 3 heteroatoms. The van der Waals surface area contributed by atoms with Crippen molar-refractivity contribution in [3.63, 3.8) is 0 Å². The van der Waals surface area contributed by atoms with Crippen molar-refractivity contribution in [1.29, 1.82) is 0 Å². The molecule has 28 heavy (non-hydrogen) atoms. The van der Waals surface area contributed by atoms with Crippen molar-refractivity contribution in [2.45, 2.75) is 97.2 Å². The fourth-order valence-electron chi connectivity index (χ4n) is 8.37. The van der Waals surface area contributed by atoms with Crippen LogP contribution in [0.25, 0.3) is 0 Å². The van der Waals surface area contributed by atoms with Crippen molar-refractivity contribution in [3.05, 3.63) is 11.6 Å². The lowest BCUT2D eigenvalue weighted by molar-refractivity contribution is -0.138. The number of aliphatic hydroxyl groups is 2. The van der Waals surface area contributed by atoms with Crippen molar-refractivity contribution >= 4 is 0 Å². The highest BCUT2D eigenvalue weighted by atomic mass is 16.5. The van der Waals surface area contributed by atoms with Crippen LogP contribution >= 0.6 is 0 Å². The van der Waals surface area contributed by atoms with E-state index in [1.165, 1.54) is 38.5 Å². The Hall–Kier alpha value is -0.380. The fourth-order valence-corrected chi connectivity index (χ4v) is 8.37. The molecule has 4 aliphatic rings. The monoisotopic (exact) mass is 390 g/mol. The minimum atomic E-state index is -0.117. The fraction of sp³-hybridized carbons (Fsp3) is 0.920. The summed E-state index contributed by atoms with van der Waals surface area (Å²) in [5, 5.41) is 19.5. The van der Waals surface area contributed by atoms with E-state index in [2.05, 4.69) is 33.8 Å². The molecule has 160 valence electrons. The van der Waals surface area contributed by atoms with Gasteiger partial charge in [-0.3, -0.25) is 0 Å². The van der Waals surface area contributed by atoms with Crippen LogP contribution in [0.4, 0.5) is 0 Å². The maximum Gasteiger partial charge on any atom is 0.0705 e. The van der Waals surface area contributed by atoms with Crippen LogP contribution in [-0.4, -0.2) is 35.1 Å². The van der Waals surface area contributed by atoms with Gasteiger partial charge in [0.25, 0.3) is 0 Å². The Balaban J connectivity index is 1.60. The third-order valence-corrected chi connectivity index (χ3v) is 10.0. The maximum atomic E-state index is 10.2. The van der Waals surface area contributed by atoms with Gasteiger partial charge in [-0.05, 0) is 99.2 Å². The maximum absolute atomic E-state index is 10.2. The Morgan fingerprint density at radius 3 is 2.64 bits per heavy atom. The van der Waals surface area contributed by atoms with E-state index in [1.54, 1.807) is 5.57 Å². The Morgan fingerprint density at radius 1 is 1.14 bits per heavy atom. The molecular formula is C25H42O3. The first-order valence-electron chi connectivity index (χ1n) is 11.9. The van der Waals surface area contributed by atoms with E-state index in [9.17, 15) is 10.2 Å². The standard InChI is InChI=1S/C25H42O3/c1-5-25(4,28-15-14-26)22-9-8-20-19-7-6-17-16-18(27)10-12-23(17,2)21(19)11-13-24(20,22)3/h6,18-22,26-27H,5,7-16H2,1-4H3/t18-,19-,20-,21-,22-,23-,24-,25?/m0/s1. The molecule has 1 unspecified atom stereocenters. The third-order valence-electron chi connectivity index (χ3n) is 10.0. The predicted molar refractivity (Wildman–Crippen MR) is 113 cm³/mol. The highest BCUT2D eigenvalue weighted by Crippen LogP contribution is 2.67. The largest absolute Gasteiger partial charge is 0.394 e. The summed E-state index contributed by atoms with van der Waals surface area (Å²) >= 11 is 0. The van der Waals surface area contributed by atoms with Crippen molar-refractivity contribution in [1.82, 2.24) is 0 Å². The van der Waals surface area contributed by atoms with Crippen LogP contribution in [0.1, 0.15) is 85.5 Å². The average molecular weight is 391 g/mol. The summed E-state index contributed by atoms with van der Waals surface area (Å²) in [4.78, 5) is 0. The lowest BCUT2D eigenvalue weighted by atomic mass is 9.46. The number of hydrogen-bond acceptors (Lipinski definition) is 3. The zero-order valence-electron chi connectivity index (χ0n) is 18.5. The van der Waals surface area contributed by atoms with Crippen LogP contribution in [-0.2, 0) is 4.74 Å². The summed E-state index contributed by atoms with van der Waals surface area (Å²) in [5.41, 5.74) is 2.13. The number of hydrogen-bond donors (Lipinski definition) is 2. The first-order valence-corrected chi connectivity index (χ1v) is 11.9. The minimum Gasteiger partial charge on any atom is -0.394 e.